The zero-order valence-corrected chi connectivity index (χ0v) is 18.6. The van der Waals surface area contributed by atoms with Gasteiger partial charge in [0.1, 0.15) is 0 Å². The fourth-order valence-electron chi connectivity index (χ4n) is 3.79. The summed E-state index contributed by atoms with van der Waals surface area (Å²) in [6.45, 7) is 7.87. The number of aromatic nitrogens is 4. The van der Waals surface area contributed by atoms with E-state index in [9.17, 15) is 4.79 Å². The molecule has 162 valence electrons. The zero-order valence-electron chi connectivity index (χ0n) is 18.6. The lowest BCUT2D eigenvalue weighted by Gasteiger charge is -2.09. The Morgan fingerprint density at radius 1 is 1.06 bits per heavy atom. The van der Waals surface area contributed by atoms with E-state index in [1.807, 2.05) is 64.1 Å². The zero-order chi connectivity index (χ0) is 22.4. The largest absolute Gasteiger partial charge is 0.339 e. The number of carbonyl (C=O) groups excluding carboxylic acids is 1. The van der Waals surface area contributed by atoms with Crippen LogP contribution in [0, 0.1) is 27.7 Å². The molecule has 1 fully saturated rings. The molecule has 1 amide bonds. The van der Waals surface area contributed by atoms with E-state index in [1.54, 1.807) is 10.9 Å². The normalized spacial score (nSPS) is 13.4. The first-order valence-corrected chi connectivity index (χ1v) is 10.8. The highest BCUT2D eigenvalue weighted by Gasteiger charge is 2.30. The molecule has 7 nitrogen and oxygen atoms in total. The number of benzene rings is 2. The van der Waals surface area contributed by atoms with E-state index in [0.29, 0.717) is 28.9 Å². The van der Waals surface area contributed by atoms with E-state index in [1.165, 1.54) is 0 Å². The topological polar surface area (TPSA) is 85.8 Å². The second-order valence-corrected chi connectivity index (χ2v) is 8.58. The minimum absolute atomic E-state index is 0.179. The van der Waals surface area contributed by atoms with Crippen molar-refractivity contribution in [1.82, 2.24) is 19.9 Å². The highest BCUT2D eigenvalue weighted by atomic mass is 16.5. The second-order valence-electron chi connectivity index (χ2n) is 8.58. The molecule has 0 saturated heterocycles. The molecule has 2 aromatic heterocycles. The molecule has 0 aliphatic heterocycles. The van der Waals surface area contributed by atoms with E-state index < -0.39 is 0 Å². The molecule has 0 atom stereocenters. The molecule has 2 heterocycles. The van der Waals surface area contributed by atoms with E-state index in [2.05, 4.69) is 20.6 Å². The molecule has 0 unspecified atom stereocenters. The summed E-state index contributed by atoms with van der Waals surface area (Å²) in [5.41, 5.74) is 6.93. The number of nitrogens with zero attached hydrogens (tertiary/aromatic N) is 4. The summed E-state index contributed by atoms with van der Waals surface area (Å²) in [6.07, 6.45) is 3.99. The van der Waals surface area contributed by atoms with Gasteiger partial charge in [-0.1, -0.05) is 35.0 Å². The molecule has 7 heteroatoms. The summed E-state index contributed by atoms with van der Waals surface area (Å²) in [7, 11) is 0. The maximum Gasteiger partial charge on any atom is 0.259 e. The molecule has 0 spiro atoms. The summed E-state index contributed by atoms with van der Waals surface area (Å²) < 4.78 is 7.15. The van der Waals surface area contributed by atoms with Crippen molar-refractivity contribution in [3.63, 3.8) is 0 Å². The van der Waals surface area contributed by atoms with Crippen LogP contribution in [0.1, 0.15) is 57.4 Å². The van der Waals surface area contributed by atoms with Crippen LogP contribution in [-0.2, 0) is 0 Å². The van der Waals surface area contributed by atoms with Gasteiger partial charge < -0.3 is 9.84 Å². The summed E-state index contributed by atoms with van der Waals surface area (Å²) in [4.78, 5) is 17.5. The van der Waals surface area contributed by atoms with Gasteiger partial charge in [-0.05, 0) is 63.8 Å². The quantitative estimate of drug-likeness (QED) is 0.468. The predicted molar refractivity (Wildman–Crippen MR) is 122 cm³/mol. The minimum atomic E-state index is -0.179. The molecule has 32 heavy (non-hydrogen) atoms. The highest BCUT2D eigenvalue weighted by molar-refractivity contribution is 6.05. The molecule has 0 radical (unpaired) electrons. The van der Waals surface area contributed by atoms with Gasteiger partial charge in [0.2, 0.25) is 11.7 Å². The maximum atomic E-state index is 13.0. The summed E-state index contributed by atoms with van der Waals surface area (Å²) in [6, 6.07) is 11.9. The van der Waals surface area contributed by atoms with E-state index in [-0.39, 0.29) is 5.91 Å². The molecule has 4 aromatic rings. The van der Waals surface area contributed by atoms with Crippen molar-refractivity contribution in [2.45, 2.75) is 46.5 Å². The molecule has 1 saturated carbocycles. The smallest absolute Gasteiger partial charge is 0.259 e. The van der Waals surface area contributed by atoms with Gasteiger partial charge in [-0.15, -0.1) is 0 Å². The van der Waals surface area contributed by atoms with Crippen LogP contribution in [-0.4, -0.2) is 25.8 Å². The molecular weight excluding hydrogens is 402 g/mol. The lowest BCUT2D eigenvalue weighted by Crippen LogP contribution is -2.13. The third-order valence-corrected chi connectivity index (χ3v) is 5.86. The van der Waals surface area contributed by atoms with Crippen LogP contribution < -0.4 is 5.32 Å². The Bertz CT molecular complexity index is 1330. The van der Waals surface area contributed by atoms with Crippen LogP contribution in [0.15, 0.2) is 47.1 Å². The fraction of sp³-hybridized carbons (Fsp3) is 0.280. The lowest BCUT2D eigenvalue weighted by molar-refractivity contribution is 0.102. The van der Waals surface area contributed by atoms with Gasteiger partial charge in [0, 0.05) is 23.4 Å². The van der Waals surface area contributed by atoms with Crippen molar-refractivity contribution in [2.75, 3.05) is 5.32 Å². The van der Waals surface area contributed by atoms with Crippen LogP contribution in [0.4, 0.5) is 5.69 Å². The Balaban J connectivity index is 1.44. The van der Waals surface area contributed by atoms with E-state index >= 15 is 0 Å². The van der Waals surface area contributed by atoms with Gasteiger partial charge in [-0.3, -0.25) is 4.79 Å². The van der Waals surface area contributed by atoms with E-state index in [0.717, 1.165) is 46.5 Å². The van der Waals surface area contributed by atoms with Gasteiger partial charge in [-0.25, -0.2) is 4.68 Å². The van der Waals surface area contributed by atoms with Crippen molar-refractivity contribution < 1.29 is 9.32 Å². The van der Waals surface area contributed by atoms with Gasteiger partial charge >= 0.3 is 0 Å². The van der Waals surface area contributed by atoms with Crippen LogP contribution >= 0.6 is 0 Å². The van der Waals surface area contributed by atoms with Gasteiger partial charge in [0.25, 0.3) is 5.91 Å². The van der Waals surface area contributed by atoms with Crippen LogP contribution in [0.5, 0.6) is 0 Å². The Morgan fingerprint density at radius 3 is 2.62 bits per heavy atom. The molecule has 0 bridgehead atoms. The third kappa shape index (κ3) is 3.82. The average molecular weight is 428 g/mol. The summed E-state index contributed by atoms with van der Waals surface area (Å²) >= 11 is 0. The molecule has 2 aromatic carbocycles. The first kappa shape index (κ1) is 20.2. The second kappa shape index (κ2) is 7.75. The maximum absolute atomic E-state index is 13.0. The van der Waals surface area contributed by atoms with Gasteiger partial charge in [-0.2, -0.15) is 10.1 Å². The molecule has 1 aliphatic carbocycles. The Hall–Kier alpha value is -3.74. The monoisotopic (exact) mass is 427 g/mol. The lowest BCUT2D eigenvalue weighted by atomic mass is 10.1. The molecule has 1 aliphatic rings. The van der Waals surface area contributed by atoms with Crippen molar-refractivity contribution >= 4 is 11.6 Å². The number of aryl methyl sites for hydroxylation is 4. The Morgan fingerprint density at radius 2 is 1.88 bits per heavy atom. The average Bonchev–Trinajstić information content (AvgIpc) is 3.36. The van der Waals surface area contributed by atoms with Crippen molar-refractivity contribution in [2.24, 2.45) is 0 Å². The van der Waals surface area contributed by atoms with Gasteiger partial charge in [0.15, 0.2) is 0 Å². The highest BCUT2D eigenvalue weighted by Crippen LogP contribution is 2.39. The SMILES string of the molecule is Cc1ccc(NC(=O)c2cn(-c3cc(-c4noc(C5CC5)n4)ccc3C)nc2C)c(C)c1. The van der Waals surface area contributed by atoms with Crippen LogP contribution in [0.3, 0.4) is 0 Å². The molecule has 1 N–H and O–H groups in total. The van der Waals surface area contributed by atoms with Crippen molar-refractivity contribution in [3.05, 3.63) is 76.4 Å². The standard InChI is InChI=1S/C25H25N5O2/c1-14-5-10-21(16(3)11-14)26-24(31)20-13-30(28-17(20)4)22-12-19(7-6-15(22)2)23-27-25(32-29-23)18-8-9-18/h5-7,10-13,18H,8-9H2,1-4H3,(H,26,31). The number of amides is 1. The molecular formula is C25H25N5O2. The summed E-state index contributed by atoms with van der Waals surface area (Å²) in [5.74, 6) is 1.52. The minimum Gasteiger partial charge on any atom is -0.339 e. The van der Waals surface area contributed by atoms with Crippen LogP contribution in [0.2, 0.25) is 0 Å². The number of carbonyl (C=O) groups is 1. The first-order valence-electron chi connectivity index (χ1n) is 10.8. The number of nitrogens with one attached hydrogen (secondary N) is 1. The fourth-order valence-corrected chi connectivity index (χ4v) is 3.79. The third-order valence-electron chi connectivity index (χ3n) is 5.86. The van der Waals surface area contributed by atoms with Crippen LogP contribution in [0.25, 0.3) is 17.1 Å². The summed E-state index contributed by atoms with van der Waals surface area (Å²) in [5, 5.41) is 11.8. The van der Waals surface area contributed by atoms with E-state index in [4.69, 9.17) is 4.52 Å². The van der Waals surface area contributed by atoms with Crippen molar-refractivity contribution in [3.8, 4) is 17.1 Å². The number of hydrogen-bond donors (Lipinski definition) is 1. The Labute approximate surface area is 186 Å². The Kier molecular flexibility index (Phi) is 4.89. The number of anilines is 1. The number of rotatable bonds is 5. The van der Waals surface area contributed by atoms with Crippen molar-refractivity contribution in [1.29, 1.82) is 0 Å². The first-order chi connectivity index (χ1) is 15.4. The predicted octanol–water partition coefficient (Wildman–Crippen LogP) is 5.29. The van der Waals surface area contributed by atoms with Gasteiger partial charge in [0.05, 0.1) is 16.9 Å². The number of hydrogen-bond acceptors (Lipinski definition) is 5. The molecule has 5 rings (SSSR count).